The van der Waals surface area contributed by atoms with Crippen LogP contribution in [0.25, 0.3) is 0 Å². The van der Waals surface area contributed by atoms with Crippen molar-refractivity contribution in [1.29, 1.82) is 0 Å². The second-order valence-electron chi connectivity index (χ2n) is 3.02. The highest BCUT2D eigenvalue weighted by molar-refractivity contribution is 7.99. The van der Waals surface area contributed by atoms with Gasteiger partial charge in [-0.15, -0.1) is 0 Å². The fourth-order valence-electron chi connectivity index (χ4n) is 1.13. The van der Waals surface area contributed by atoms with Gasteiger partial charge in [0.05, 0.1) is 16.8 Å². The molecule has 0 aliphatic carbocycles. The Bertz CT molecular complexity index is 444. The van der Waals surface area contributed by atoms with Crippen LogP contribution in [0.5, 0.6) is 0 Å². The lowest BCUT2D eigenvalue weighted by molar-refractivity contribution is 0.738. The van der Waals surface area contributed by atoms with Crippen molar-refractivity contribution in [2.45, 2.75) is 9.92 Å². The van der Waals surface area contributed by atoms with Gasteiger partial charge in [-0.2, -0.15) is 10.2 Å². The van der Waals surface area contributed by atoms with Crippen LogP contribution in [0.3, 0.4) is 0 Å². The van der Waals surface area contributed by atoms with Crippen molar-refractivity contribution in [2.75, 3.05) is 5.73 Å². The molecule has 5 nitrogen and oxygen atoms in total. The van der Waals surface area contributed by atoms with Gasteiger partial charge in [0, 0.05) is 26.5 Å². The van der Waals surface area contributed by atoms with Crippen molar-refractivity contribution in [3.63, 3.8) is 0 Å². The number of nitrogens with two attached hydrogens (primary N) is 1. The molecule has 0 radical (unpaired) electrons. The second kappa shape index (κ2) is 3.38. The van der Waals surface area contributed by atoms with Gasteiger partial charge >= 0.3 is 0 Å². The molecule has 0 aliphatic heterocycles. The molecule has 0 unspecified atom stereocenters. The number of aryl methyl sites for hydroxylation is 2. The molecule has 2 N–H and O–H groups in total. The summed E-state index contributed by atoms with van der Waals surface area (Å²) in [6.07, 6.45) is 5.51. The van der Waals surface area contributed by atoms with Gasteiger partial charge in [-0.1, -0.05) is 11.8 Å². The quantitative estimate of drug-likeness (QED) is 0.797. The summed E-state index contributed by atoms with van der Waals surface area (Å²) < 4.78 is 3.45. The number of hydrogen-bond donors (Lipinski definition) is 1. The van der Waals surface area contributed by atoms with Crippen molar-refractivity contribution in [3.8, 4) is 0 Å². The number of hydrogen-bond acceptors (Lipinski definition) is 4. The molecule has 2 rings (SSSR count). The Labute approximate surface area is 85.9 Å². The van der Waals surface area contributed by atoms with E-state index in [1.165, 1.54) is 11.8 Å². The van der Waals surface area contributed by atoms with Gasteiger partial charge in [0.2, 0.25) is 0 Å². The zero-order chi connectivity index (χ0) is 10.1. The van der Waals surface area contributed by atoms with Gasteiger partial charge in [0.25, 0.3) is 0 Å². The highest BCUT2D eigenvalue weighted by atomic mass is 32.2. The first-order valence-corrected chi connectivity index (χ1v) is 4.92. The molecule has 0 spiro atoms. The lowest BCUT2D eigenvalue weighted by atomic mass is 10.6. The predicted molar refractivity (Wildman–Crippen MR) is 55.0 cm³/mol. The summed E-state index contributed by atoms with van der Waals surface area (Å²) in [5, 5.41) is 9.12. The van der Waals surface area contributed by atoms with E-state index >= 15 is 0 Å². The number of aromatic nitrogens is 4. The molecule has 0 saturated carbocycles. The lowest BCUT2D eigenvalue weighted by Crippen LogP contribution is -1.86. The van der Waals surface area contributed by atoms with E-state index in [0.717, 1.165) is 9.92 Å². The third-order valence-electron chi connectivity index (χ3n) is 1.72. The van der Waals surface area contributed by atoms with E-state index in [1.807, 2.05) is 20.3 Å². The van der Waals surface area contributed by atoms with Gasteiger partial charge in [-0.05, 0) is 0 Å². The Kier molecular flexibility index (Phi) is 2.20. The van der Waals surface area contributed by atoms with E-state index in [4.69, 9.17) is 5.73 Å². The van der Waals surface area contributed by atoms with Crippen molar-refractivity contribution in [3.05, 3.63) is 18.6 Å². The van der Waals surface area contributed by atoms with Crippen molar-refractivity contribution in [1.82, 2.24) is 19.6 Å². The molecule has 2 heterocycles. The van der Waals surface area contributed by atoms with Gasteiger partial charge in [0.1, 0.15) is 5.03 Å². The fraction of sp³-hybridized carbons (Fsp3) is 0.250. The van der Waals surface area contributed by atoms with Crippen LogP contribution in [0.4, 0.5) is 5.69 Å². The second-order valence-corrected chi connectivity index (χ2v) is 4.08. The zero-order valence-electron chi connectivity index (χ0n) is 8.01. The maximum atomic E-state index is 5.76. The number of nitrogen functional groups attached to an aromatic ring is 1. The molecule has 2 aromatic rings. The number of anilines is 1. The van der Waals surface area contributed by atoms with E-state index in [9.17, 15) is 0 Å². The summed E-state index contributed by atoms with van der Waals surface area (Å²) in [5.41, 5.74) is 6.46. The molecular formula is C8H11N5S. The van der Waals surface area contributed by atoms with Crippen molar-refractivity contribution in [2.24, 2.45) is 14.1 Å². The van der Waals surface area contributed by atoms with Gasteiger partial charge < -0.3 is 5.73 Å². The van der Waals surface area contributed by atoms with E-state index in [0.29, 0.717) is 5.69 Å². The topological polar surface area (TPSA) is 61.7 Å². The van der Waals surface area contributed by atoms with Crippen LogP contribution in [0.15, 0.2) is 28.5 Å². The smallest absolute Gasteiger partial charge is 0.146 e. The molecular weight excluding hydrogens is 198 g/mol. The molecule has 2 aromatic heterocycles. The fourth-order valence-corrected chi connectivity index (χ4v) is 2.00. The van der Waals surface area contributed by atoms with Crippen LogP contribution in [0.2, 0.25) is 0 Å². The molecule has 0 atom stereocenters. The highest BCUT2D eigenvalue weighted by Crippen LogP contribution is 2.29. The Balaban J connectivity index is 2.22. The van der Waals surface area contributed by atoms with E-state index in [-0.39, 0.29) is 0 Å². The van der Waals surface area contributed by atoms with E-state index < -0.39 is 0 Å². The SMILES string of the molecule is Cn1cc(Sc2nn(C)cc2N)cn1. The van der Waals surface area contributed by atoms with E-state index in [2.05, 4.69) is 10.2 Å². The lowest BCUT2D eigenvalue weighted by Gasteiger charge is -1.92. The molecule has 74 valence electrons. The summed E-state index contributed by atoms with van der Waals surface area (Å²) in [6.45, 7) is 0. The molecule has 0 bridgehead atoms. The van der Waals surface area contributed by atoms with Crippen molar-refractivity contribution < 1.29 is 0 Å². The minimum atomic E-state index is 0.696. The van der Waals surface area contributed by atoms with Gasteiger partial charge in [-0.3, -0.25) is 9.36 Å². The minimum absolute atomic E-state index is 0.696. The van der Waals surface area contributed by atoms with Crippen LogP contribution in [-0.4, -0.2) is 19.6 Å². The molecule has 0 aromatic carbocycles. The first kappa shape index (κ1) is 9.14. The van der Waals surface area contributed by atoms with Crippen LogP contribution in [0.1, 0.15) is 0 Å². The zero-order valence-corrected chi connectivity index (χ0v) is 8.82. The largest absolute Gasteiger partial charge is 0.395 e. The molecule has 6 heteroatoms. The molecule has 0 amide bonds. The number of nitrogens with zero attached hydrogens (tertiary/aromatic N) is 4. The van der Waals surface area contributed by atoms with Crippen LogP contribution >= 0.6 is 11.8 Å². The van der Waals surface area contributed by atoms with Crippen LogP contribution in [-0.2, 0) is 14.1 Å². The van der Waals surface area contributed by atoms with E-state index in [1.54, 1.807) is 21.8 Å². The molecule has 14 heavy (non-hydrogen) atoms. The first-order chi connectivity index (χ1) is 6.65. The normalized spacial score (nSPS) is 10.7. The Morgan fingerprint density at radius 2 is 2.07 bits per heavy atom. The summed E-state index contributed by atoms with van der Waals surface area (Å²) in [6, 6.07) is 0. The minimum Gasteiger partial charge on any atom is -0.395 e. The Morgan fingerprint density at radius 1 is 1.29 bits per heavy atom. The first-order valence-electron chi connectivity index (χ1n) is 4.11. The molecule has 0 fully saturated rings. The standard InChI is InChI=1S/C8H11N5S/c1-12-4-6(3-10-12)14-8-7(9)5-13(2)11-8/h3-5H,9H2,1-2H3. The highest BCUT2D eigenvalue weighted by Gasteiger charge is 2.07. The van der Waals surface area contributed by atoms with Crippen LogP contribution in [0, 0.1) is 0 Å². The average Bonchev–Trinajstić information content (AvgIpc) is 2.61. The van der Waals surface area contributed by atoms with Gasteiger partial charge in [0.15, 0.2) is 0 Å². The molecule has 0 aliphatic rings. The monoisotopic (exact) mass is 209 g/mol. The third-order valence-corrected chi connectivity index (χ3v) is 2.67. The predicted octanol–water partition coefficient (Wildman–Crippen LogP) is 0.887. The maximum absolute atomic E-state index is 5.76. The van der Waals surface area contributed by atoms with Crippen molar-refractivity contribution >= 4 is 17.4 Å². The summed E-state index contributed by atoms with van der Waals surface area (Å²) in [7, 11) is 3.73. The average molecular weight is 209 g/mol. The summed E-state index contributed by atoms with van der Waals surface area (Å²) in [5.74, 6) is 0. The third kappa shape index (κ3) is 1.74. The van der Waals surface area contributed by atoms with Gasteiger partial charge in [-0.25, -0.2) is 0 Å². The summed E-state index contributed by atoms with van der Waals surface area (Å²) >= 11 is 1.52. The van der Waals surface area contributed by atoms with Crippen LogP contribution < -0.4 is 5.73 Å². The Hall–Kier alpha value is -1.43. The number of rotatable bonds is 2. The molecule has 0 saturated heterocycles. The summed E-state index contributed by atoms with van der Waals surface area (Å²) in [4.78, 5) is 1.04. The maximum Gasteiger partial charge on any atom is 0.146 e. The Morgan fingerprint density at radius 3 is 2.57 bits per heavy atom.